The highest BCUT2D eigenvalue weighted by Crippen LogP contribution is 2.40. The molecule has 2 saturated heterocycles. The Hall–Kier alpha value is -1.98. The van der Waals surface area contributed by atoms with Gasteiger partial charge in [0.1, 0.15) is 0 Å². The van der Waals surface area contributed by atoms with Crippen LogP contribution in [0.15, 0.2) is 36.5 Å². The van der Waals surface area contributed by atoms with Crippen LogP contribution in [-0.2, 0) is 0 Å². The van der Waals surface area contributed by atoms with E-state index in [9.17, 15) is 9.18 Å². The number of aromatic nitrogens is 1. The van der Waals surface area contributed by atoms with Crippen LogP contribution < -0.4 is 11.1 Å². The van der Waals surface area contributed by atoms with Crippen molar-refractivity contribution in [3.05, 3.63) is 53.6 Å². The molecule has 1 unspecified atom stereocenters. The highest BCUT2D eigenvalue weighted by molar-refractivity contribution is 5.93. The summed E-state index contributed by atoms with van der Waals surface area (Å²) in [5, 5.41) is 3.60. The molecule has 1 aromatic carbocycles. The number of carbonyl (C=O) groups excluding carboxylic acids is 1. The van der Waals surface area contributed by atoms with Crippen molar-refractivity contribution in [1.82, 2.24) is 10.3 Å². The third-order valence-electron chi connectivity index (χ3n) is 5.07. The van der Waals surface area contributed by atoms with Crippen molar-refractivity contribution in [2.24, 2.45) is 5.73 Å². The zero-order chi connectivity index (χ0) is 16.0. The third kappa shape index (κ3) is 2.89. The minimum atomic E-state index is -0.489. The predicted octanol–water partition coefficient (Wildman–Crippen LogP) is 3.02. The Labute approximate surface area is 146 Å². The molecule has 3 atom stereocenters. The molecule has 3 heterocycles. The number of carbonyl (C=O) groups is 1. The van der Waals surface area contributed by atoms with Gasteiger partial charge in [-0.3, -0.25) is 4.79 Å². The summed E-state index contributed by atoms with van der Waals surface area (Å²) in [6.07, 6.45) is 5.16. The van der Waals surface area contributed by atoms with Crippen LogP contribution in [0, 0.1) is 5.95 Å². The highest BCUT2D eigenvalue weighted by atomic mass is 35.5. The number of rotatable bonds is 3. The zero-order valence-corrected chi connectivity index (χ0v) is 13.9. The van der Waals surface area contributed by atoms with E-state index in [1.54, 1.807) is 30.5 Å². The first-order chi connectivity index (χ1) is 11.1. The first-order valence-corrected chi connectivity index (χ1v) is 7.93. The maximum absolute atomic E-state index is 14.2. The summed E-state index contributed by atoms with van der Waals surface area (Å²) in [7, 11) is 0. The lowest BCUT2D eigenvalue weighted by Crippen LogP contribution is -2.21. The molecule has 0 radical (unpaired) electrons. The van der Waals surface area contributed by atoms with Gasteiger partial charge in [-0.15, -0.1) is 12.4 Å². The average molecular weight is 348 g/mol. The van der Waals surface area contributed by atoms with Crippen molar-refractivity contribution in [2.75, 3.05) is 0 Å². The molecular formula is C18H19ClFN3O. The van der Waals surface area contributed by atoms with E-state index in [4.69, 9.17) is 5.73 Å². The summed E-state index contributed by atoms with van der Waals surface area (Å²) in [4.78, 5) is 15.1. The Morgan fingerprint density at radius 3 is 2.58 bits per heavy atom. The molecule has 1 aromatic heterocycles. The molecule has 4 nitrogen and oxygen atoms in total. The van der Waals surface area contributed by atoms with Gasteiger partial charge in [-0.2, -0.15) is 4.39 Å². The van der Waals surface area contributed by atoms with Gasteiger partial charge in [0.05, 0.1) is 0 Å². The second-order valence-corrected chi connectivity index (χ2v) is 6.44. The normalized spacial score (nSPS) is 24.6. The second-order valence-electron chi connectivity index (χ2n) is 6.44. The number of amides is 1. The molecule has 0 spiro atoms. The van der Waals surface area contributed by atoms with E-state index in [0.717, 1.165) is 12.0 Å². The Morgan fingerprint density at radius 1 is 1.25 bits per heavy atom. The van der Waals surface area contributed by atoms with Gasteiger partial charge in [0.25, 0.3) is 0 Å². The lowest BCUT2D eigenvalue weighted by atomic mass is 9.84. The molecule has 0 saturated carbocycles. The molecule has 126 valence electrons. The smallest absolute Gasteiger partial charge is 0.248 e. The minimum absolute atomic E-state index is 0. The van der Waals surface area contributed by atoms with E-state index >= 15 is 0 Å². The van der Waals surface area contributed by atoms with Crippen LogP contribution in [0.4, 0.5) is 4.39 Å². The average Bonchev–Trinajstić information content (AvgIpc) is 3.18. The Balaban J connectivity index is 0.00000169. The molecule has 2 aromatic rings. The molecule has 2 bridgehead atoms. The van der Waals surface area contributed by atoms with Crippen LogP contribution in [0.3, 0.4) is 0 Å². The number of hydrogen-bond donors (Lipinski definition) is 2. The van der Waals surface area contributed by atoms with Gasteiger partial charge in [0.15, 0.2) is 0 Å². The van der Waals surface area contributed by atoms with Crippen LogP contribution >= 0.6 is 12.4 Å². The largest absolute Gasteiger partial charge is 0.366 e. The van der Waals surface area contributed by atoms with Crippen molar-refractivity contribution in [1.29, 1.82) is 0 Å². The summed E-state index contributed by atoms with van der Waals surface area (Å²) < 4.78 is 14.2. The zero-order valence-electron chi connectivity index (χ0n) is 13.0. The van der Waals surface area contributed by atoms with Gasteiger partial charge in [0, 0.05) is 35.3 Å². The quantitative estimate of drug-likeness (QED) is 0.839. The fourth-order valence-electron chi connectivity index (χ4n) is 3.88. The first-order valence-electron chi connectivity index (χ1n) is 7.93. The summed E-state index contributed by atoms with van der Waals surface area (Å²) in [6, 6.07) is 9.62. The first kappa shape index (κ1) is 16.9. The summed E-state index contributed by atoms with van der Waals surface area (Å²) in [6.45, 7) is 0. The monoisotopic (exact) mass is 347 g/mol. The van der Waals surface area contributed by atoms with E-state index in [1.165, 1.54) is 12.8 Å². The van der Waals surface area contributed by atoms with Crippen molar-refractivity contribution >= 4 is 18.3 Å². The Kier molecular flexibility index (Phi) is 4.56. The number of benzene rings is 1. The molecule has 1 amide bonds. The summed E-state index contributed by atoms with van der Waals surface area (Å²) >= 11 is 0. The van der Waals surface area contributed by atoms with Crippen LogP contribution in [0.2, 0.25) is 0 Å². The maximum atomic E-state index is 14.2. The van der Waals surface area contributed by atoms with Crippen molar-refractivity contribution in [3.8, 4) is 11.1 Å². The second kappa shape index (κ2) is 6.49. The number of nitrogens with zero attached hydrogens (tertiary/aromatic N) is 1. The van der Waals surface area contributed by atoms with Crippen LogP contribution in [-0.4, -0.2) is 23.0 Å². The lowest BCUT2D eigenvalue weighted by Gasteiger charge is -2.20. The molecule has 0 aliphatic carbocycles. The molecule has 6 heteroatoms. The third-order valence-corrected chi connectivity index (χ3v) is 5.07. The lowest BCUT2D eigenvalue weighted by molar-refractivity contribution is 0.100. The maximum Gasteiger partial charge on any atom is 0.248 e. The fraction of sp³-hybridized carbons (Fsp3) is 0.333. The number of fused-ring (bicyclic) bond motifs is 2. The van der Waals surface area contributed by atoms with Gasteiger partial charge >= 0.3 is 0 Å². The van der Waals surface area contributed by atoms with E-state index in [1.807, 2.05) is 6.07 Å². The number of nitrogens with one attached hydrogen (secondary N) is 1. The van der Waals surface area contributed by atoms with Gasteiger partial charge in [-0.05, 0) is 48.6 Å². The van der Waals surface area contributed by atoms with E-state index in [-0.39, 0.29) is 12.4 Å². The number of nitrogens with two attached hydrogens (primary N) is 1. The van der Waals surface area contributed by atoms with Gasteiger partial charge < -0.3 is 11.1 Å². The van der Waals surface area contributed by atoms with Crippen LogP contribution in [0.25, 0.3) is 11.1 Å². The van der Waals surface area contributed by atoms with Gasteiger partial charge in [-0.25, -0.2) is 4.98 Å². The number of primary amides is 1. The van der Waals surface area contributed by atoms with E-state index in [2.05, 4.69) is 10.3 Å². The summed E-state index contributed by atoms with van der Waals surface area (Å²) in [5.74, 6) is -0.570. The highest BCUT2D eigenvalue weighted by Gasteiger charge is 2.39. The Morgan fingerprint density at radius 2 is 2.00 bits per heavy atom. The van der Waals surface area contributed by atoms with Crippen molar-refractivity contribution < 1.29 is 9.18 Å². The summed E-state index contributed by atoms with van der Waals surface area (Å²) in [5.41, 5.74) is 7.92. The van der Waals surface area contributed by atoms with E-state index in [0.29, 0.717) is 34.7 Å². The number of hydrogen-bond acceptors (Lipinski definition) is 3. The predicted molar refractivity (Wildman–Crippen MR) is 92.7 cm³/mol. The van der Waals surface area contributed by atoms with Crippen LogP contribution in [0.5, 0.6) is 0 Å². The molecule has 4 rings (SSSR count). The topological polar surface area (TPSA) is 68.0 Å². The van der Waals surface area contributed by atoms with Gasteiger partial charge in [0.2, 0.25) is 11.9 Å². The van der Waals surface area contributed by atoms with Crippen LogP contribution in [0.1, 0.15) is 41.1 Å². The fourth-order valence-corrected chi connectivity index (χ4v) is 3.88. The van der Waals surface area contributed by atoms with Crippen molar-refractivity contribution in [2.45, 2.75) is 37.3 Å². The standard InChI is InChI=1S/C18H18FN3O.ClH/c19-17-15(10-1-3-11(4-2-10)18(20)23)7-12(9-21-17)14-8-13-5-6-16(14)22-13;/h1-4,7,9,13-14,16,22H,5-6,8H2,(H2,20,23);1H/t13-,14?,16+;/m0./s1. The van der Waals surface area contributed by atoms with Crippen molar-refractivity contribution in [3.63, 3.8) is 0 Å². The SMILES string of the molecule is Cl.NC(=O)c1ccc(-c2cc(C3C[C@@H]4CC[C@H]3N4)cnc2F)cc1. The minimum Gasteiger partial charge on any atom is -0.366 e. The molecule has 2 aliphatic rings. The molecular weight excluding hydrogens is 329 g/mol. The molecule has 2 fully saturated rings. The van der Waals surface area contributed by atoms with Gasteiger partial charge in [-0.1, -0.05) is 12.1 Å². The molecule has 24 heavy (non-hydrogen) atoms. The number of pyridine rings is 1. The molecule has 2 aliphatic heterocycles. The van der Waals surface area contributed by atoms with E-state index < -0.39 is 11.9 Å². The number of halogens is 2. The molecule has 3 N–H and O–H groups in total. The Bertz CT molecular complexity index is 765.